The van der Waals surface area contributed by atoms with E-state index in [1.807, 2.05) is 13.8 Å². The zero-order valence-electron chi connectivity index (χ0n) is 20.9. The quantitative estimate of drug-likeness (QED) is 0.148. The van der Waals surface area contributed by atoms with Crippen LogP contribution in [0.3, 0.4) is 0 Å². The van der Waals surface area contributed by atoms with Crippen LogP contribution >= 0.6 is 92.8 Å². The predicted molar refractivity (Wildman–Crippen MR) is 168 cm³/mol. The van der Waals surface area contributed by atoms with Crippen molar-refractivity contribution in [2.45, 2.75) is 19.3 Å². The predicted octanol–water partition coefficient (Wildman–Crippen LogP) is 11.7. The van der Waals surface area contributed by atoms with Crippen LogP contribution < -0.4 is 9.47 Å². The molecular formula is C29H16Cl8O4. The first-order valence-corrected chi connectivity index (χ1v) is 14.5. The van der Waals surface area contributed by atoms with E-state index < -0.39 is 17.4 Å². The Kier molecular flexibility index (Phi) is 10.0. The van der Waals surface area contributed by atoms with Gasteiger partial charge in [0, 0.05) is 15.5 Å². The molecule has 0 aliphatic carbocycles. The third-order valence-corrected chi connectivity index (χ3v) is 8.35. The van der Waals surface area contributed by atoms with Crippen LogP contribution in [0.2, 0.25) is 40.2 Å². The van der Waals surface area contributed by atoms with Crippen LogP contribution in [0.4, 0.5) is 0 Å². The largest absolute Gasteiger partial charge is 0.420 e. The van der Waals surface area contributed by atoms with E-state index in [1.54, 1.807) is 24.3 Å². The molecule has 0 bridgehead atoms. The molecule has 0 unspecified atom stereocenters. The van der Waals surface area contributed by atoms with Crippen molar-refractivity contribution < 1.29 is 19.1 Å². The van der Waals surface area contributed by atoms with Gasteiger partial charge in [-0.05, 0) is 71.8 Å². The summed E-state index contributed by atoms with van der Waals surface area (Å²) in [7, 11) is 0. The highest BCUT2D eigenvalue weighted by Crippen LogP contribution is 2.44. The average Bonchev–Trinajstić information content (AvgIpc) is 2.87. The molecule has 4 rings (SSSR count). The highest BCUT2D eigenvalue weighted by atomic mass is 35.5. The van der Waals surface area contributed by atoms with Crippen LogP contribution in [-0.4, -0.2) is 11.9 Å². The molecule has 0 radical (unpaired) electrons. The molecule has 0 spiro atoms. The first-order valence-electron chi connectivity index (χ1n) is 11.5. The lowest BCUT2D eigenvalue weighted by atomic mass is 9.78. The molecule has 41 heavy (non-hydrogen) atoms. The Morgan fingerprint density at radius 2 is 0.829 bits per heavy atom. The van der Waals surface area contributed by atoms with E-state index >= 15 is 0 Å². The number of ether oxygens (including phenoxy) is 2. The highest BCUT2D eigenvalue weighted by molar-refractivity contribution is 6.39. The van der Waals surface area contributed by atoms with Crippen LogP contribution in [-0.2, 0) is 5.41 Å². The Morgan fingerprint density at radius 3 is 1.12 bits per heavy atom. The summed E-state index contributed by atoms with van der Waals surface area (Å²) in [5.41, 5.74) is 0.736. The van der Waals surface area contributed by atoms with Gasteiger partial charge >= 0.3 is 11.9 Å². The lowest BCUT2D eigenvalue weighted by molar-refractivity contribution is 0.0725. The van der Waals surface area contributed by atoms with Crippen molar-refractivity contribution >= 4 is 105 Å². The van der Waals surface area contributed by atoms with Crippen LogP contribution in [0.25, 0.3) is 0 Å². The molecule has 0 saturated carbocycles. The minimum absolute atomic E-state index is 0.0388. The number of hydrogen-bond acceptors (Lipinski definition) is 4. The summed E-state index contributed by atoms with van der Waals surface area (Å²) in [4.78, 5) is 25.4. The van der Waals surface area contributed by atoms with E-state index in [1.165, 1.54) is 36.4 Å². The molecular weight excluding hydrogens is 696 g/mol. The zero-order valence-corrected chi connectivity index (χ0v) is 27.0. The number of esters is 2. The number of benzene rings is 4. The maximum absolute atomic E-state index is 12.7. The van der Waals surface area contributed by atoms with Crippen molar-refractivity contribution in [2.75, 3.05) is 0 Å². The van der Waals surface area contributed by atoms with Gasteiger partial charge in [0.25, 0.3) is 0 Å². The molecule has 0 aromatic heterocycles. The van der Waals surface area contributed by atoms with Crippen molar-refractivity contribution in [1.82, 2.24) is 0 Å². The second kappa shape index (κ2) is 12.8. The fraction of sp³-hybridized carbons (Fsp3) is 0.103. The topological polar surface area (TPSA) is 52.6 Å². The Morgan fingerprint density at radius 1 is 0.512 bits per heavy atom. The van der Waals surface area contributed by atoms with E-state index in [0.29, 0.717) is 21.2 Å². The summed E-state index contributed by atoms with van der Waals surface area (Å²) in [5, 5.41) is 1.31. The maximum atomic E-state index is 12.7. The van der Waals surface area contributed by atoms with Crippen molar-refractivity contribution in [3.63, 3.8) is 0 Å². The van der Waals surface area contributed by atoms with E-state index in [4.69, 9.17) is 102 Å². The molecule has 4 aromatic carbocycles. The van der Waals surface area contributed by atoms with E-state index in [-0.39, 0.29) is 52.8 Å². The Labute approximate surface area is 275 Å². The Balaban J connectivity index is 1.61. The number of carbonyl (C=O) groups is 2. The number of halogens is 8. The molecule has 0 heterocycles. The lowest BCUT2D eigenvalue weighted by Gasteiger charge is -2.28. The van der Waals surface area contributed by atoms with Gasteiger partial charge in [-0.1, -0.05) is 107 Å². The van der Waals surface area contributed by atoms with Gasteiger partial charge in [0.1, 0.15) is 0 Å². The van der Waals surface area contributed by atoms with Gasteiger partial charge < -0.3 is 9.47 Å². The van der Waals surface area contributed by atoms with Crippen LogP contribution in [0.1, 0.15) is 45.7 Å². The summed E-state index contributed by atoms with van der Waals surface area (Å²) in [6.45, 7) is 3.77. The van der Waals surface area contributed by atoms with Gasteiger partial charge in [0.05, 0.1) is 41.3 Å². The number of carbonyl (C=O) groups excluding carboxylic acids is 2. The summed E-state index contributed by atoms with van der Waals surface area (Å²) < 4.78 is 10.9. The molecule has 0 N–H and O–H groups in total. The summed E-state index contributed by atoms with van der Waals surface area (Å²) in [6, 6.07) is 15.2. The molecule has 0 fully saturated rings. The van der Waals surface area contributed by atoms with Gasteiger partial charge in [0.15, 0.2) is 11.5 Å². The fourth-order valence-electron chi connectivity index (χ4n) is 3.81. The van der Waals surface area contributed by atoms with E-state index in [0.717, 1.165) is 0 Å². The van der Waals surface area contributed by atoms with Crippen LogP contribution in [0, 0.1) is 0 Å². The van der Waals surface area contributed by atoms with Crippen molar-refractivity contribution in [1.29, 1.82) is 0 Å². The second-order valence-corrected chi connectivity index (χ2v) is 12.5. The molecule has 4 nitrogen and oxygen atoms in total. The minimum Gasteiger partial charge on any atom is -0.420 e. The number of rotatable bonds is 6. The molecule has 0 aliphatic heterocycles. The average molecular weight is 712 g/mol. The standard InChI is InChI=1S/C29H16Cl8O4/c1-29(2,13-7-21(34)25(22(35)8-13)40-27(38)17-5-3-15(30)11-19(17)32)14-9-23(36)26(24(37)10-14)41-28(39)18-6-4-16(31)12-20(18)33/h3-12H,1-2H3. The Bertz CT molecular complexity index is 1530. The fourth-order valence-corrected chi connectivity index (χ4v) is 5.91. The lowest BCUT2D eigenvalue weighted by Crippen LogP contribution is -2.20. The minimum atomic E-state index is -0.759. The first-order chi connectivity index (χ1) is 19.2. The summed E-state index contributed by atoms with van der Waals surface area (Å²) in [5.74, 6) is -1.59. The molecule has 4 aromatic rings. The number of hydrogen-bond donors (Lipinski definition) is 0. The Hall–Kier alpha value is -1.86. The van der Waals surface area contributed by atoms with E-state index in [9.17, 15) is 9.59 Å². The summed E-state index contributed by atoms with van der Waals surface area (Å²) >= 11 is 50.1. The first kappa shape index (κ1) is 32.1. The van der Waals surface area contributed by atoms with Crippen LogP contribution in [0.5, 0.6) is 11.5 Å². The van der Waals surface area contributed by atoms with Crippen LogP contribution in [0.15, 0.2) is 60.7 Å². The molecule has 12 heteroatoms. The normalized spacial score (nSPS) is 11.4. The SMILES string of the molecule is CC(C)(c1cc(Cl)c(OC(=O)c2ccc(Cl)cc2Cl)c(Cl)c1)c1cc(Cl)c(OC(=O)c2ccc(Cl)cc2Cl)c(Cl)c1. The second-order valence-electron chi connectivity index (χ2n) is 9.19. The molecule has 212 valence electrons. The van der Waals surface area contributed by atoms with Gasteiger partial charge in [-0.15, -0.1) is 0 Å². The molecule has 0 atom stereocenters. The summed E-state index contributed by atoms with van der Waals surface area (Å²) in [6.07, 6.45) is 0. The monoisotopic (exact) mass is 708 g/mol. The van der Waals surface area contributed by atoms with Crippen molar-refractivity contribution in [2.24, 2.45) is 0 Å². The van der Waals surface area contributed by atoms with Gasteiger partial charge in [-0.25, -0.2) is 9.59 Å². The van der Waals surface area contributed by atoms with Gasteiger partial charge in [-0.2, -0.15) is 0 Å². The highest BCUT2D eigenvalue weighted by Gasteiger charge is 2.29. The van der Waals surface area contributed by atoms with Crippen molar-refractivity contribution in [3.05, 3.63) is 123 Å². The van der Waals surface area contributed by atoms with E-state index in [2.05, 4.69) is 0 Å². The molecule has 0 aliphatic rings. The van der Waals surface area contributed by atoms with Crippen molar-refractivity contribution in [3.8, 4) is 11.5 Å². The zero-order chi connectivity index (χ0) is 30.2. The maximum Gasteiger partial charge on any atom is 0.345 e. The third-order valence-electron chi connectivity index (χ3n) is 6.13. The third kappa shape index (κ3) is 7.04. The molecule has 0 saturated heterocycles. The van der Waals surface area contributed by atoms with Gasteiger partial charge in [-0.3, -0.25) is 0 Å². The smallest absolute Gasteiger partial charge is 0.345 e. The molecule has 0 amide bonds. The van der Waals surface area contributed by atoms with Gasteiger partial charge in [0.2, 0.25) is 0 Å².